The number of ketones is 1. The van der Waals surface area contributed by atoms with Gasteiger partial charge in [0, 0.05) is 0 Å². The summed E-state index contributed by atoms with van der Waals surface area (Å²) in [5.41, 5.74) is 0.330. The highest BCUT2D eigenvalue weighted by Crippen LogP contribution is 2.20. The molecule has 1 rings (SSSR count). The molecular formula is C14H20O4S. The Bertz CT molecular complexity index is 534. The van der Waals surface area contributed by atoms with Crippen LogP contribution in [0.3, 0.4) is 0 Å². The first-order chi connectivity index (χ1) is 8.92. The van der Waals surface area contributed by atoms with E-state index in [-0.39, 0.29) is 0 Å². The third-order valence-corrected chi connectivity index (χ3v) is 5.23. The number of Topliss-reactive ketones (excluding diaryl/α,β-unsaturated/α-hetero) is 1. The maximum Gasteiger partial charge on any atom is 0.181 e. The molecule has 4 nitrogen and oxygen atoms in total. The smallest absolute Gasteiger partial charge is 0.181 e. The molecule has 0 N–H and O–H groups in total. The highest BCUT2D eigenvalue weighted by atomic mass is 32.2. The fourth-order valence-corrected chi connectivity index (χ4v) is 2.95. The van der Waals surface area contributed by atoms with Gasteiger partial charge in [0.25, 0.3) is 0 Å². The molecule has 0 fully saturated rings. The second kappa shape index (κ2) is 6.70. The van der Waals surface area contributed by atoms with Gasteiger partial charge in [-0.1, -0.05) is 19.1 Å². The molecule has 1 aromatic rings. The maximum absolute atomic E-state index is 12.1. The minimum absolute atomic E-state index is 0.330. The molecule has 1 aromatic carbocycles. The molecule has 0 radical (unpaired) electrons. The fourth-order valence-electron chi connectivity index (χ4n) is 1.64. The first-order valence-electron chi connectivity index (χ1n) is 6.39. The summed E-state index contributed by atoms with van der Waals surface area (Å²) in [5, 5.41) is -0.504. The molecule has 0 aromatic heterocycles. The second-order valence-electron chi connectivity index (χ2n) is 4.38. The van der Waals surface area contributed by atoms with Crippen molar-refractivity contribution in [3.05, 3.63) is 29.8 Å². The van der Waals surface area contributed by atoms with E-state index in [1.54, 1.807) is 38.1 Å². The normalized spacial score (nSPS) is 13.0. The van der Waals surface area contributed by atoms with Crippen molar-refractivity contribution < 1.29 is 17.9 Å². The number of benzene rings is 1. The van der Waals surface area contributed by atoms with Gasteiger partial charge in [0.05, 0.1) is 17.4 Å². The zero-order chi connectivity index (χ0) is 14.5. The van der Waals surface area contributed by atoms with Crippen LogP contribution in [0.1, 0.15) is 37.6 Å². The van der Waals surface area contributed by atoms with Crippen LogP contribution in [0, 0.1) is 0 Å². The number of hydrogen-bond donors (Lipinski definition) is 0. The Balaban J connectivity index is 2.96. The van der Waals surface area contributed by atoms with Crippen molar-refractivity contribution >= 4 is 15.6 Å². The van der Waals surface area contributed by atoms with Gasteiger partial charge in [-0.2, -0.15) is 0 Å². The minimum atomic E-state index is -3.39. The molecule has 0 aliphatic rings. The topological polar surface area (TPSA) is 60.4 Å². The predicted molar refractivity (Wildman–Crippen MR) is 75.5 cm³/mol. The number of ether oxygens (including phenoxy) is 1. The largest absolute Gasteiger partial charge is 0.493 e. The maximum atomic E-state index is 12.1. The first-order valence-corrected chi connectivity index (χ1v) is 8.10. The van der Waals surface area contributed by atoms with Crippen LogP contribution in [0.2, 0.25) is 0 Å². The van der Waals surface area contributed by atoms with Crippen LogP contribution in [0.25, 0.3) is 0 Å². The van der Waals surface area contributed by atoms with Crippen LogP contribution >= 0.6 is 0 Å². The lowest BCUT2D eigenvalue weighted by Crippen LogP contribution is -2.25. The molecule has 5 heteroatoms. The van der Waals surface area contributed by atoms with Crippen LogP contribution in [0.15, 0.2) is 24.3 Å². The van der Waals surface area contributed by atoms with Gasteiger partial charge in [-0.05, 0) is 32.4 Å². The van der Waals surface area contributed by atoms with Crippen molar-refractivity contribution in [3.63, 3.8) is 0 Å². The number of hydrogen-bond acceptors (Lipinski definition) is 4. The molecule has 0 aliphatic heterocycles. The monoisotopic (exact) mass is 284 g/mol. The number of carbonyl (C=O) groups is 1. The number of rotatable bonds is 7. The van der Waals surface area contributed by atoms with E-state index in [1.165, 1.54) is 0 Å². The lowest BCUT2D eigenvalue weighted by molar-refractivity contribution is 0.101. The zero-order valence-corrected chi connectivity index (χ0v) is 12.4. The zero-order valence-electron chi connectivity index (χ0n) is 11.5. The van der Waals surface area contributed by atoms with Gasteiger partial charge in [0.2, 0.25) is 0 Å². The van der Waals surface area contributed by atoms with Crippen molar-refractivity contribution in [2.75, 3.05) is 12.4 Å². The highest BCUT2D eigenvalue weighted by Gasteiger charge is 2.25. The van der Waals surface area contributed by atoms with Gasteiger partial charge < -0.3 is 4.74 Å². The van der Waals surface area contributed by atoms with Crippen LogP contribution in [0.4, 0.5) is 0 Å². The molecular weight excluding hydrogens is 264 g/mol. The van der Waals surface area contributed by atoms with Crippen molar-refractivity contribution in [3.8, 4) is 5.75 Å². The molecule has 0 aliphatic carbocycles. The van der Waals surface area contributed by atoms with Gasteiger partial charge in [0.15, 0.2) is 15.6 Å². The number of carbonyl (C=O) groups excluding carboxylic acids is 1. The van der Waals surface area contributed by atoms with Crippen LogP contribution in [-0.4, -0.2) is 31.8 Å². The van der Waals surface area contributed by atoms with Crippen molar-refractivity contribution in [2.24, 2.45) is 0 Å². The van der Waals surface area contributed by atoms with Crippen molar-refractivity contribution in [2.45, 2.75) is 32.4 Å². The Labute approximate surface area is 114 Å². The summed E-state index contributed by atoms with van der Waals surface area (Å²) >= 11 is 0. The minimum Gasteiger partial charge on any atom is -0.493 e. The summed E-state index contributed by atoms with van der Waals surface area (Å²) in [5.74, 6) is -0.440. The Kier molecular flexibility index (Phi) is 5.54. The van der Waals surface area contributed by atoms with E-state index in [0.29, 0.717) is 24.3 Å². The molecule has 0 heterocycles. The van der Waals surface area contributed by atoms with Crippen molar-refractivity contribution in [1.29, 1.82) is 0 Å². The van der Waals surface area contributed by atoms with E-state index >= 15 is 0 Å². The van der Waals surface area contributed by atoms with Gasteiger partial charge in [-0.25, -0.2) is 8.42 Å². The molecule has 0 saturated carbocycles. The van der Waals surface area contributed by atoms with Crippen molar-refractivity contribution in [1.82, 2.24) is 0 Å². The summed E-state index contributed by atoms with van der Waals surface area (Å²) in [6.45, 7) is 5.66. The molecule has 1 atom stereocenters. The van der Waals surface area contributed by atoms with Crippen LogP contribution < -0.4 is 4.74 Å². The second-order valence-corrected chi connectivity index (χ2v) is 6.80. The molecule has 0 bridgehead atoms. The first kappa shape index (κ1) is 15.7. The third kappa shape index (κ3) is 4.06. The number of sulfone groups is 1. The van der Waals surface area contributed by atoms with Gasteiger partial charge in [0.1, 0.15) is 11.5 Å². The fraction of sp³-hybridized carbons (Fsp3) is 0.500. The Morgan fingerprint density at radius 1 is 1.26 bits per heavy atom. The number of para-hydroxylation sites is 1. The molecule has 106 valence electrons. The quantitative estimate of drug-likeness (QED) is 0.722. The van der Waals surface area contributed by atoms with Crippen LogP contribution in [-0.2, 0) is 9.84 Å². The summed E-state index contributed by atoms with van der Waals surface area (Å²) in [6, 6.07) is 6.72. The van der Waals surface area contributed by atoms with E-state index < -0.39 is 26.6 Å². The predicted octanol–water partition coefficient (Wildman–Crippen LogP) is 2.48. The molecule has 19 heavy (non-hydrogen) atoms. The Morgan fingerprint density at radius 3 is 2.47 bits per heavy atom. The molecule has 1 unspecified atom stereocenters. The summed E-state index contributed by atoms with van der Waals surface area (Å²) in [6.07, 6.45) is 0.503. The summed E-state index contributed by atoms with van der Waals surface area (Å²) < 4.78 is 29.2. The van der Waals surface area contributed by atoms with Gasteiger partial charge in [-0.3, -0.25) is 4.79 Å². The van der Waals surface area contributed by atoms with E-state index in [4.69, 9.17) is 4.74 Å². The SMILES string of the molecule is CCOc1ccccc1C(=O)CS(=O)(=O)C(C)CC. The van der Waals surface area contributed by atoms with E-state index in [1.807, 2.05) is 6.92 Å². The Hall–Kier alpha value is -1.36. The average Bonchev–Trinajstić information content (AvgIpc) is 2.38. The van der Waals surface area contributed by atoms with E-state index in [9.17, 15) is 13.2 Å². The highest BCUT2D eigenvalue weighted by molar-refractivity contribution is 7.92. The molecule has 0 spiro atoms. The summed E-state index contributed by atoms with van der Waals surface area (Å²) in [4.78, 5) is 12.1. The van der Waals surface area contributed by atoms with Gasteiger partial charge in [-0.15, -0.1) is 0 Å². The third-order valence-electron chi connectivity index (χ3n) is 3.01. The average molecular weight is 284 g/mol. The lowest BCUT2D eigenvalue weighted by atomic mass is 10.1. The Morgan fingerprint density at radius 2 is 1.89 bits per heavy atom. The molecule has 0 saturated heterocycles. The van der Waals surface area contributed by atoms with E-state index in [2.05, 4.69) is 0 Å². The summed E-state index contributed by atoms with van der Waals surface area (Å²) in [7, 11) is -3.39. The van der Waals surface area contributed by atoms with Crippen LogP contribution in [0.5, 0.6) is 5.75 Å². The molecule has 0 amide bonds. The lowest BCUT2D eigenvalue weighted by Gasteiger charge is -2.12. The van der Waals surface area contributed by atoms with Gasteiger partial charge >= 0.3 is 0 Å². The standard InChI is InChI=1S/C14H20O4S/c1-4-11(3)19(16,17)10-13(15)12-8-6-7-9-14(12)18-5-2/h6-9,11H,4-5,10H2,1-3H3. The van der Waals surface area contributed by atoms with E-state index in [0.717, 1.165) is 0 Å².